The Labute approximate surface area is 222 Å². The smallest absolute Gasteiger partial charge is 0.266 e. The summed E-state index contributed by atoms with van der Waals surface area (Å²) in [5.41, 5.74) is 3.94. The van der Waals surface area contributed by atoms with Gasteiger partial charge < -0.3 is 24.8 Å². The molecule has 0 saturated carbocycles. The van der Waals surface area contributed by atoms with Gasteiger partial charge in [0.25, 0.3) is 11.8 Å². The molecule has 196 valence electrons. The molecular formula is C30H31N3O5. The molecule has 0 atom stereocenters. The molecule has 0 aliphatic heterocycles. The molecule has 0 aromatic heterocycles. The standard InChI is InChI=1S/C30H31N3O5/c1-5-36-26-12-10-24(11-13-26)33-30(35)23(18-31)16-22-8-14-27(28(17-22)37-6-2)38-19-29(34)32-25-9-7-20(3)21(4)15-25/h7-17H,5-6,19H2,1-4H3,(H,32,34)(H,33,35)/b23-16+. The summed E-state index contributed by atoms with van der Waals surface area (Å²) in [5.74, 6) is 0.603. The fourth-order valence-corrected chi connectivity index (χ4v) is 3.48. The van der Waals surface area contributed by atoms with Crippen LogP contribution in [0.1, 0.15) is 30.5 Å². The molecule has 0 aliphatic carbocycles. The van der Waals surface area contributed by atoms with Crippen LogP contribution in [-0.4, -0.2) is 31.6 Å². The van der Waals surface area contributed by atoms with Crippen molar-refractivity contribution in [1.29, 1.82) is 5.26 Å². The molecule has 3 aromatic carbocycles. The third-order valence-corrected chi connectivity index (χ3v) is 5.52. The van der Waals surface area contributed by atoms with Crippen molar-refractivity contribution in [1.82, 2.24) is 0 Å². The summed E-state index contributed by atoms with van der Waals surface area (Å²) in [4.78, 5) is 25.1. The lowest BCUT2D eigenvalue weighted by molar-refractivity contribution is -0.118. The van der Waals surface area contributed by atoms with Crippen molar-refractivity contribution < 1.29 is 23.8 Å². The average Bonchev–Trinajstić information content (AvgIpc) is 2.90. The van der Waals surface area contributed by atoms with Gasteiger partial charge in [0.1, 0.15) is 17.4 Å². The first-order valence-electron chi connectivity index (χ1n) is 12.3. The molecule has 8 heteroatoms. The highest BCUT2D eigenvalue weighted by Gasteiger charge is 2.13. The van der Waals surface area contributed by atoms with E-state index < -0.39 is 5.91 Å². The van der Waals surface area contributed by atoms with Gasteiger partial charge in [-0.2, -0.15) is 5.26 Å². The van der Waals surface area contributed by atoms with E-state index in [9.17, 15) is 14.9 Å². The first kappa shape index (κ1) is 27.8. The van der Waals surface area contributed by atoms with Gasteiger partial charge in [0.15, 0.2) is 18.1 Å². The highest BCUT2D eigenvalue weighted by atomic mass is 16.5. The van der Waals surface area contributed by atoms with Crippen LogP contribution >= 0.6 is 0 Å². The van der Waals surface area contributed by atoms with Crippen LogP contribution in [0.15, 0.2) is 66.2 Å². The number of benzene rings is 3. The summed E-state index contributed by atoms with van der Waals surface area (Å²) < 4.78 is 16.8. The first-order chi connectivity index (χ1) is 18.3. The zero-order valence-electron chi connectivity index (χ0n) is 22.0. The van der Waals surface area contributed by atoms with E-state index in [-0.39, 0.29) is 18.1 Å². The van der Waals surface area contributed by atoms with Crippen LogP contribution in [0.5, 0.6) is 17.2 Å². The van der Waals surface area contributed by atoms with Crippen LogP contribution in [0.4, 0.5) is 11.4 Å². The first-order valence-corrected chi connectivity index (χ1v) is 12.3. The number of nitriles is 1. The molecule has 3 aromatic rings. The number of hydrogen-bond acceptors (Lipinski definition) is 6. The van der Waals surface area contributed by atoms with Crippen molar-refractivity contribution >= 4 is 29.3 Å². The number of anilines is 2. The van der Waals surface area contributed by atoms with Crippen LogP contribution in [0, 0.1) is 25.2 Å². The van der Waals surface area contributed by atoms with E-state index in [1.807, 2.05) is 52.0 Å². The number of aryl methyl sites for hydroxylation is 2. The summed E-state index contributed by atoms with van der Waals surface area (Å²) >= 11 is 0. The molecular weight excluding hydrogens is 482 g/mol. The highest BCUT2D eigenvalue weighted by Crippen LogP contribution is 2.29. The van der Waals surface area contributed by atoms with E-state index >= 15 is 0 Å². The molecule has 2 amide bonds. The van der Waals surface area contributed by atoms with Gasteiger partial charge in [-0.25, -0.2) is 0 Å². The van der Waals surface area contributed by atoms with Crippen LogP contribution in [0.25, 0.3) is 6.08 Å². The number of rotatable bonds is 11. The second kappa shape index (κ2) is 13.5. The van der Waals surface area contributed by atoms with Crippen molar-refractivity contribution in [2.45, 2.75) is 27.7 Å². The van der Waals surface area contributed by atoms with Crippen molar-refractivity contribution in [2.24, 2.45) is 0 Å². The molecule has 2 N–H and O–H groups in total. The second-order valence-electron chi connectivity index (χ2n) is 8.36. The quantitative estimate of drug-likeness (QED) is 0.253. The molecule has 38 heavy (non-hydrogen) atoms. The molecule has 0 saturated heterocycles. The Kier molecular flexibility index (Phi) is 9.89. The molecule has 0 bridgehead atoms. The van der Waals surface area contributed by atoms with Gasteiger partial charge in [-0.15, -0.1) is 0 Å². The maximum Gasteiger partial charge on any atom is 0.266 e. The molecule has 3 rings (SSSR count). The predicted octanol–water partition coefficient (Wildman–Crippen LogP) is 5.66. The molecule has 0 unspecified atom stereocenters. The number of nitrogens with one attached hydrogen (secondary N) is 2. The minimum absolute atomic E-state index is 0.0808. The van der Waals surface area contributed by atoms with E-state index in [1.54, 1.807) is 42.5 Å². The molecule has 0 fully saturated rings. The van der Waals surface area contributed by atoms with Crippen LogP contribution in [0.2, 0.25) is 0 Å². The number of carbonyl (C=O) groups is 2. The third-order valence-electron chi connectivity index (χ3n) is 5.52. The summed E-state index contributed by atoms with van der Waals surface area (Å²) in [7, 11) is 0. The fraction of sp³-hybridized carbons (Fsp3) is 0.233. The Bertz CT molecular complexity index is 1360. The van der Waals surface area contributed by atoms with Crippen LogP contribution in [0.3, 0.4) is 0 Å². The maximum absolute atomic E-state index is 12.7. The topological polar surface area (TPSA) is 110 Å². The van der Waals surface area contributed by atoms with Crippen molar-refractivity contribution in [2.75, 3.05) is 30.5 Å². The largest absolute Gasteiger partial charge is 0.494 e. The molecule has 0 aliphatic rings. The molecule has 0 spiro atoms. The average molecular weight is 514 g/mol. The predicted molar refractivity (Wildman–Crippen MR) is 147 cm³/mol. The maximum atomic E-state index is 12.7. The Morgan fingerprint density at radius 3 is 2.18 bits per heavy atom. The SMILES string of the molecule is CCOc1ccc(NC(=O)/C(C#N)=C/c2ccc(OCC(=O)Nc3ccc(C)c(C)c3)c(OCC)c2)cc1. The van der Waals surface area contributed by atoms with Crippen LogP contribution < -0.4 is 24.8 Å². The molecule has 8 nitrogen and oxygen atoms in total. The number of amides is 2. The van der Waals surface area contributed by atoms with Gasteiger partial charge >= 0.3 is 0 Å². The van der Waals surface area contributed by atoms with Gasteiger partial charge in [-0.1, -0.05) is 12.1 Å². The van der Waals surface area contributed by atoms with Gasteiger partial charge in [-0.3, -0.25) is 9.59 Å². The van der Waals surface area contributed by atoms with Crippen molar-refractivity contribution in [3.63, 3.8) is 0 Å². The van der Waals surface area contributed by atoms with Crippen molar-refractivity contribution in [3.05, 3.63) is 82.9 Å². The zero-order valence-corrected chi connectivity index (χ0v) is 22.0. The summed E-state index contributed by atoms with van der Waals surface area (Å²) in [6.07, 6.45) is 1.46. The van der Waals surface area contributed by atoms with Gasteiger partial charge in [0, 0.05) is 11.4 Å². The number of hydrogen-bond donors (Lipinski definition) is 2. The van der Waals surface area contributed by atoms with E-state index in [0.717, 1.165) is 11.1 Å². The lowest BCUT2D eigenvalue weighted by Crippen LogP contribution is -2.20. The fourth-order valence-electron chi connectivity index (χ4n) is 3.48. The molecule has 0 heterocycles. The highest BCUT2D eigenvalue weighted by molar-refractivity contribution is 6.09. The van der Waals surface area contributed by atoms with Gasteiger partial charge in [0.2, 0.25) is 0 Å². The number of ether oxygens (including phenoxy) is 3. The number of carbonyl (C=O) groups excluding carboxylic acids is 2. The Morgan fingerprint density at radius 2 is 1.53 bits per heavy atom. The van der Waals surface area contributed by atoms with E-state index in [4.69, 9.17) is 14.2 Å². The van der Waals surface area contributed by atoms with Gasteiger partial charge in [-0.05, 0) is 99.0 Å². The Balaban J connectivity index is 1.68. The zero-order chi connectivity index (χ0) is 27.5. The monoisotopic (exact) mass is 513 g/mol. The van der Waals surface area contributed by atoms with E-state index in [1.165, 1.54) is 6.08 Å². The minimum atomic E-state index is -0.544. The lowest BCUT2D eigenvalue weighted by atomic mass is 10.1. The normalized spacial score (nSPS) is 10.8. The van der Waals surface area contributed by atoms with Crippen molar-refractivity contribution in [3.8, 4) is 23.3 Å². The number of nitrogens with zero attached hydrogens (tertiary/aromatic N) is 1. The van der Waals surface area contributed by atoms with E-state index in [0.29, 0.717) is 47.4 Å². The van der Waals surface area contributed by atoms with Crippen LogP contribution in [-0.2, 0) is 9.59 Å². The van der Waals surface area contributed by atoms with Gasteiger partial charge in [0.05, 0.1) is 13.2 Å². The lowest BCUT2D eigenvalue weighted by Gasteiger charge is -2.13. The minimum Gasteiger partial charge on any atom is -0.494 e. The second-order valence-corrected chi connectivity index (χ2v) is 8.36. The summed E-state index contributed by atoms with van der Waals surface area (Å²) in [6.45, 7) is 8.39. The Morgan fingerprint density at radius 1 is 0.816 bits per heavy atom. The third kappa shape index (κ3) is 7.87. The Hall–Kier alpha value is -4.77. The summed E-state index contributed by atoms with van der Waals surface area (Å²) in [6, 6.07) is 19.5. The summed E-state index contributed by atoms with van der Waals surface area (Å²) in [5, 5.41) is 15.1. The molecule has 0 radical (unpaired) electrons. The van der Waals surface area contributed by atoms with E-state index in [2.05, 4.69) is 10.6 Å².